The van der Waals surface area contributed by atoms with E-state index in [9.17, 15) is 9.59 Å². The number of thioether (sulfide) groups is 1. The highest BCUT2D eigenvalue weighted by atomic mass is 32.2. The molecule has 7 heteroatoms. The van der Waals surface area contributed by atoms with Gasteiger partial charge in [0.1, 0.15) is 11.9 Å². The molecule has 0 aromatic carbocycles. The maximum absolute atomic E-state index is 12.5. The Balaban J connectivity index is 2.21. The van der Waals surface area contributed by atoms with Crippen molar-refractivity contribution in [3.05, 3.63) is 22.6 Å². The molecule has 2 fully saturated rings. The summed E-state index contributed by atoms with van der Waals surface area (Å²) in [5.41, 5.74) is 1.00. The molecule has 2 N–H and O–H groups in total. The number of ether oxygens (including phenoxy) is 1. The van der Waals surface area contributed by atoms with Crippen molar-refractivity contribution in [2.75, 3.05) is 26.8 Å². The van der Waals surface area contributed by atoms with Crippen molar-refractivity contribution in [3.8, 4) is 0 Å². The van der Waals surface area contributed by atoms with Crippen LogP contribution in [0.2, 0.25) is 0 Å². The van der Waals surface area contributed by atoms with Crippen molar-refractivity contribution < 1.29 is 14.3 Å². The summed E-state index contributed by atoms with van der Waals surface area (Å²) in [6.07, 6.45) is 6.64. The number of methoxy groups -OCH3 is 1. The molecular formula is C18H27N3O3S. The van der Waals surface area contributed by atoms with E-state index in [2.05, 4.69) is 21.7 Å². The van der Waals surface area contributed by atoms with Crippen LogP contribution in [0.4, 0.5) is 4.79 Å². The van der Waals surface area contributed by atoms with Crippen molar-refractivity contribution in [2.24, 2.45) is 10.9 Å². The van der Waals surface area contributed by atoms with Crippen molar-refractivity contribution >= 4 is 28.6 Å². The quantitative estimate of drug-likeness (QED) is 0.678. The number of hydrogen-bond acceptors (Lipinski definition) is 6. The molecule has 0 aliphatic carbocycles. The van der Waals surface area contributed by atoms with Gasteiger partial charge in [0.2, 0.25) is 0 Å². The lowest BCUT2D eigenvalue weighted by Crippen LogP contribution is -2.29. The number of nitrogens with one attached hydrogen (secondary N) is 2. The second kappa shape index (κ2) is 9.89. The number of carbonyl (C=O) groups is 2. The lowest BCUT2D eigenvalue weighted by atomic mass is 9.97. The minimum atomic E-state index is -0.642. The number of amides is 1. The normalized spacial score (nSPS) is 24.0. The molecule has 0 radical (unpaired) electrons. The highest BCUT2D eigenvalue weighted by Crippen LogP contribution is 2.28. The number of allylic oxidation sites excluding steroid dienone is 2. The molecule has 0 spiro atoms. The molecule has 2 saturated heterocycles. The van der Waals surface area contributed by atoms with E-state index in [-0.39, 0.29) is 17.6 Å². The van der Waals surface area contributed by atoms with Crippen LogP contribution in [0.5, 0.6) is 0 Å². The third-order valence-corrected chi connectivity index (χ3v) is 5.15. The summed E-state index contributed by atoms with van der Waals surface area (Å²) in [7, 11) is 1.55. The van der Waals surface area contributed by atoms with Gasteiger partial charge in [0.15, 0.2) is 5.78 Å². The van der Waals surface area contributed by atoms with Gasteiger partial charge in [-0.2, -0.15) is 0 Å². The lowest BCUT2D eigenvalue weighted by Gasteiger charge is -2.20. The van der Waals surface area contributed by atoms with Gasteiger partial charge in [0.25, 0.3) is 5.24 Å². The van der Waals surface area contributed by atoms with E-state index in [4.69, 9.17) is 4.74 Å². The maximum Gasteiger partial charge on any atom is 0.289 e. The Labute approximate surface area is 153 Å². The van der Waals surface area contributed by atoms with Gasteiger partial charge < -0.3 is 15.4 Å². The minimum absolute atomic E-state index is 0.0962. The van der Waals surface area contributed by atoms with Gasteiger partial charge in [0, 0.05) is 7.11 Å². The molecule has 2 aliphatic rings. The van der Waals surface area contributed by atoms with Crippen LogP contribution in [0.15, 0.2) is 27.6 Å². The lowest BCUT2D eigenvalue weighted by molar-refractivity contribution is -0.116. The number of amidine groups is 1. The summed E-state index contributed by atoms with van der Waals surface area (Å²) in [5, 5.41) is 5.95. The van der Waals surface area contributed by atoms with Gasteiger partial charge in [0.05, 0.1) is 11.5 Å². The summed E-state index contributed by atoms with van der Waals surface area (Å²) in [6.45, 7) is 6.09. The van der Waals surface area contributed by atoms with Crippen LogP contribution in [0.1, 0.15) is 33.1 Å². The van der Waals surface area contributed by atoms with Crippen LogP contribution in [-0.2, 0) is 9.53 Å². The Kier molecular flexibility index (Phi) is 7.87. The van der Waals surface area contributed by atoms with Gasteiger partial charge in [-0.25, -0.2) is 0 Å². The van der Waals surface area contributed by atoms with Crippen LogP contribution in [0.25, 0.3) is 0 Å². The zero-order valence-corrected chi connectivity index (χ0v) is 15.9. The molecule has 25 heavy (non-hydrogen) atoms. The molecule has 6 nitrogen and oxygen atoms in total. The first-order valence-electron chi connectivity index (χ1n) is 8.73. The molecule has 0 unspecified atom stereocenters. The maximum atomic E-state index is 12.5. The predicted molar refractivity (Wildman–Crippen MR) is 102 cm³/mol. The average molecular weight is 365 g/mol. The number of ketones is 1. The van der Waals surface area contributed by atoms with E-state index >= 15 is 0 Å². The number of piperidine rings is 1. The zero-order valence-electron chi connectivity index (χ0n) is 15.1. The molecule has 2 aliphatic heterocycles. The van der Waals surface area contributed by atoms with E-state index < -0.39 is 6.04 Å². The van der Waals surface area contributed by atoms with E-state index in [0.29, 0.717) is 11.8 Å². The Morgan fingerprint density at radius 3 is 2.80 bits per heavy atom. The highest BCUT2D eigenvalue weighted by molar-refractivity contribution is 8.18. The molecule has 0 aromatic heterocycles. The minimum Gasteiger partial charge on any atom is -0.382 e. The topological polar surface area (TPSA) is 79.8 Å². The number of rotatable bonds is 7. The van der Waals surface area contributed by atoms with Crippen molar-refractivity contribution in [1.29, 1.82) is 0 Å². The molecular weight excluding hydrogens is 338 g/mol. The average Bonchev–Trinajstić information content (AvgIpc) is 2.94. The molecule has 0 aromatic rings. The first-order chi connectivity index (χ1) is 12.0. The monoisotopic (exact) mass is 365 g/mol. The predicted octanol–water partition coefficient (Wildman–Crippen LogP) is 2.67. The molecule has 1 atom stereocenters. The van der Waals surface area contributed by atoms with E-state index in [1.807, 2.05) is 13.8 Å². The van der Waals surface area contributed by atoms with E-state index in [0.717, 1.165) is 54.6 Å². The van der Waals surface area contributed by atoms with Gasteiger partial charge in [-0.1, -0.05) is 18.6 Å². The van der Waals surface area contributed by atoms with Crippen molar-refractivity contribution in [2.45, 2.75) is 39.2 Å². The van der Waals surface area contributed by atoms with Crippen LogP contribution in [0, 0.1) is 5.92 Å². The first-order valence-corrected chi connectivity index (χ1v) is 9.54. The van der Waals surface area contributed by atoms with Crippen molar-refractivity contribution in [3.63, 3.8) is 0 Å². The molecule has 0 saturated carbocycles. The van der Waals surface area contributed by atoms with Crippen LogP contribution in [-0.4, -0.2) is 49.7 Å². The van der Waals surface area contributed by atoms with Gasteiger partial charge in [-0.3, -0.25) is 14.6 Å². The summed E-state index contributed by atoms with van der Waals surface area (Å²) in [6, 6.07) is -0.642. The fourth-order valence-corrected chi connectivity index (χ4v) is 3.51. The summed E-state index contributed by atoms with van der Waals surface area (Å²) in [4.78, 5) is 29.6. The third kappa shape index (κ3) is 6.09. The smallest absolute Gasteiger partial charge is 0.289 e. The van der Waals surface area contributed by atoms with E-state index in [1.165, 1.54) is 0 Å². The van der Waals surface area contributed by atoms with Crippen molar-refractivity contribution in [1.82, 2.24) is 10.6 Å². The molecule has 138 valence electrons. The zero-order chi connectivity index (χ0) is 18.2. The molecule has 2 heterocycles. The van der Waals surface area contributed by atoms with Crippen LogP contribution < -0.4 is 10.6 Å². The SMILES string of the molecule is CC/C(C)=C/C(=O)[C@H](COC)N=C1NC(=O)S/C1=C\C1CCNCC1. The Hall–Kier alpha value is -1.44. The highest BCUT2D eigenvalue weighted by Gasteiger charge is 2.27. The van der Waals surface area contributed by atoms with Gasteiger partial charge >= 0.3 is 0 Å². The Morgan fingerprint density at radius 2 is 2.16 bits per heavy atom. The van der Waals surface area contributed by atoms with Crippen LogP contribution >= 0.6 is 11.8 Å². The fraction of sp³-hybridized carbons (Fsp3) is 0.611. The number of carbonyl (C=O) groups excluding carboxylic acids is 2. The Morgan fingerprint density at radius 1 is 1.44 bits per heavy atom. The van der Waals surface area contributed by atoms with E-state index in [1.54, 1.807) is 13.2 Å². The molecule has 2 rings (SSSR count). The summed E-state index contributed by atoms with van der Waals surface area (Å²) < 4.78 is 5.16. The second-order valence-electron chi connectivity index (χ2n) is 6.33. The molecule has 0 bridgehead atoms. The standard InChI is InChI=1S/C18H27N3O3S/c1-4-12(2)9-15(22)14(11-24-3)20-17-16(25-18(23)21-17)10-13-5-7-19-8-6-13/h9-10,13-14,19H,4-8,11H2,1-3H3,(H,20,21,23)/b12-9+,16-10-/t14-/m0/s1. The third-order valence-electron chi connectivity index (χ3n) is 4.31. The molecule has 1 amide bonds. The summed E-state index contributed by atoms with van der Waals surface area (Å²) in [5.74, 6) is 0.827. The van der Waals surface area contributed by atoms with Gasteiger partial charge in [-0.05, 0) is 63.0 Å². The second-order valence-corrected chi connectivity index (χ2v) is 7.34. The Bertz CT molecular complexity index is 592. The summed E-state index contributed by atoms with van der Waals surface area (Å²) >= 11 is 1.15. The number of hydrogen-bond donors (Lipinski definition) is 2. The van der Waals surface area contributed by atoms with Crippen LogP contribution in [0.3, 0.4) is 0 Å². The number of nitrogens with zero attached hydrogens (tertiary/aromatic N) is 1. The fourth-order valence-electron chi connectivity index (χ4n) is 2.70. The first kappa shape index (κ1) is 19.9. The number of aliphatic imine (C=N–C) groups is 1. The van der Waals surface area contributed by atoms with Gasteiger partial charge in [-0.15, -0.1) is 0 Å². The largest absolute Gasteiger partial charge is 0.382 e.